The van der Waals surface area contributed by atoms with Crippen LogP contribution in [0, 0.1) is 0 Å². The molecule has 7 heteroatoms. The average molecular weight is 465 g/mol. The number of carbonyl (C=O) groups excluding carboxylic acids is 2. The van der Waals surface area contributed by atoms with Crippen LogP contribution in [0.2, 0.25) is 5.02 Å². The highest BCUT2D eigenvalue weighted by Crippen LogP contribution is 2.34. The van der Waals surface area contributed by atoms with Gasteiger partial charge in [0.05, 0.1) is 6.10 Å². The summed E-state index contributed by atoms with van der Waals surface area (Å²) in [6.45, 7) is 4.01. The zero-order chi connectivity index (χ0) is 23.4. The number of carbonyl (C=O) groups is 2. The van der Waals surface area contributed by atoms with Crippen LogP contribution in [0.5, 0.6) is 5.88 Å². The smallest absolute Gasteiger partial charge is 0.417 e. The van der Waals surface area contributed by atoms with E-state index in [1.54, 1.807) is 24.4 Å². The summed E-state index contributed by atoms with van der Waals surface area (Å²) in [6, 6.07) is 20.0. The van der Waals surface area contributed by atoms with E-state index in [0.717, 1.165) is 16.7 Å². The number of benzene rings is 2. The van der Waals surface area contributed by atoms with Crippen LogP contribution in [0.4, 0.5) is 4.79 Å². The van der Waals surface area contributed by atoms with Gasteiger partial charge in [0, 0.05) is 29.6 Å². The molecular formula is C26H25ClN2O4. The minimum atomic E-state index is -0.623. The summed E-state index contributed by atoms with van der Waals surface area (Å²) in [5, 5.41) is 0.606. The van der Waals surface area contributed by atoms with E-state index >= 15 is 0 Å². The van der Waals surface area contributed by atoms with Crippen molar-refractivity contribution < 1.29 is 19.1 Å². The third-order valence-electron chi connectivity index (χ3n) is 5.50. The molecule has 2 atom stereocenters. The Kier molecular flexibility index (Phi) is 6.94. The van der Waals surface area contributed by atoms with Crippen molar-refractivity contribution in [2.45, 2.75) is 38.3 Å². The quantitative estimate of drug-likeness (QED) is 0.444. The van der Waals surface area contributed by atoms with Crippen LogP contribution in [-0.2, 0) is 9.53 Å². The standard InChI is InChI=1S/C26H25ClN2O4/c1-17(2)33-24-13-10-20(15-28-24)22(18-8-11-21(27)12-9-18)14-25(30)29-23(16-32-26(29)31)19-6-4-3-5-7-19/h3-13,15,17,22-23H,14,16H2,1-2H3. The van der Waals surface area contributed by atoms with Gasteiger partial charge in [-0.1, -0.05) is 60.1 Å². The molecule has 0 radical (unpaired) electrons. The Balaban J connectivity index is 1.62. The number of cyclic esters (lactones) is 1. The maximum Gasteiger partial charge on any atom is 0.417 e. The van der Waals surface area contributed by atoms with Crippen molar-refractivity contribution in [3.63, 3.8) is 0 Å². The fraction of sp³-hybridized carbons (Fsp3) is 0.269. The minimum Gasteiger partial charge on any atom is -0.475 e. The SMILES string of the molecule is CC(C)Oc1ccc(C(CC(=O)N2C(=O)OCC2c2ccccc2)c2ccc(Cl)cc2)cn1. The first-order valence-electron chi connectivity index (χ1n) is 10.8. The topological polar surface area (TPSA) is 68.7 Å². The van der Waals surface area contributed by atoms with Gasteiger partial charge >= 0.3 is 6.09 Å². The molecule has 170 valence electrons. The van der Waals surface area contributed by atoms with Crippen LogP contribution < -0.4 is 4.74 Å². The number of rotatable bonds is 7. The molecule has 1 aromatic heterocycles. The number of hydrogen-bond acceptors (Lipinski definition) is 5. The zero-order valence-corrected chi connectivity index (χ0v) is 19.2. The van der Waals surface area contributed by atoms with Gasteiger partial charge in [-0.15, -0.1) is 0 Å². The highest BCUT2D eigenvalue weighted by atomic mass is 35.5. The second kappa shape index (κ2) is 10.0. The summed E-state index contributed by atoms with van der Waals surface area (Å²) in [4.78, 5) is 31.5. The highest BCUT2D eigenvalue weighted by Gasteiger charge is 2.39. The molecule has 0 aliphatic carbocycles. The molecule has 2 aromatic carbocycles. The predicted molar refractivity (Wildman–Crippen MR) is 125 cm³/mol. The second-order valence-corrected chi connectivity index (χ2v) is 8.61. The highest BCUT2D eigenvalue weighted by molar-refractivity contribution is 6.30. The molecule has 0 saturated carbocycles. The first kappa shape index (κ1) is 22.8. The van der Waals surface area contributed by atoms with Crippen LogP contribution in [0.25, 0.3) is 0 Å². The van der Waals surface area contributed by atoms with Crippen LogP contribution >= 0.6 is 11.6 Å². The van der Waals surface area contributed by atoms with Crippen molar-refractivity contribution in [1.82, 2.24) is 9.88 Å². The lowest BCUT2D eigenvalue weighted by Crippen LogP contribution is -2.35. The molecule has 2 heterocycles. The van der Waals surface area contributed by atoms with E-state index < -0.39 is 12.1 Å². The van der Waals surface area contributed by atoms with E-state index in [9.17, 15) is 9.59 Å². The molecule has 0 N–H and O–H groups in total. The maximum absolute atomic E-state index is 13.4. The fourth-order valence-electron chi connectivity index (χ4n) is 3.92. The van der Waals surface area contributed by atoms with Gasteiger partial charge in [0.15, 0.2) is 0 Å². The van der Waals surface area contributed by atoms with Crippen LogP contribution in [0.15, 0.2) is 72.9 Å². The van der Waals surface area contributed by atoms with Gasteiger partial charge < -0.3 is 9.47 Å². The van der Waals surface area contributed by atoms with Gasteiger partial charge in [0.25, 0.3) is 0 Å². The number of halogens is 1. The minimum absolute atomic E-state index is 0.00749. The average Bonchev–Trinajstić information content (AvgIpc) is 3.20. The number of aromatic nitrogens is 1. The van der Waals surface area contributed by atoms with E-state index in [4.69, 9.17) is 21.1 Å². The van der Waals surface area contributed by atoms with Crippen molar-refractivity contribution >= 4 is 23.6 Å². The van der Waals surface area contributed by atoms with Crippen molar-refractivity contribution in [3.05, 3.63) is 94.6 Å². The second-order valence-electron chi connectivity index (χ2n) is 8.17. The Bertz CT molecular complexity index is 1100. The number of nitrogens with zero attached hydrogens (tertiary/aromatic N) is 2. The van der Waals surface area contributed by atoms with Crippen LogP contribution in [-0.4, -0.2) is 34.6 Å². The lowest BCUT2D eigenvalue weighted by Gasteiger charge is -2.24. The lowest BCUT2D eigenvalue weighted by atomic mass is 9.89. The number of imide groups is 1. The Morgan fingerprint density at radius 1 is 1.09 bits per heavy atom. The number of ether oxygens (including phenoxy) is 2. The molecule has 6 nitrogen and oxygen atoms in total. The van der Waals surface area contributed by atoms with Crippen molar-refractivity contribution in [2.75, 3.05) is 6.61 Å². The van der Waals surface area contributed by atoms with Gasteiger partial charge in [0.2, 0.25) is 11.8 Å². The summed E-state index contributed by atoms with van der Waals surface area (Å²) < 4.78 is 10.9. The number of pyridine rings is 1. The molecule has 1 aliphatic rings. The van der Waals surface area contributed by atoms with E-state index in [1.165, 1.54) is 4.90 Å². The van der Waals surface area contributed by atoms with E-state index in [0.29, 0.717) is 10.9 Å². The molecular weight excluding hydrogens is 440 g/mol. The van der Waals surface area contributed by atoms with Crippen LogP contribution in [0.1, 0.15) is 48.9 Å². The fourth-order valence-corrected chi connectivity index (χ4v) is 4.05. The van der Waals surface area contributed by atoms with Crippen molar-refractivity contribution in [2.24, 2.45) is 0 Å². The van der Waals surface area contributed by atoms with Crippen LogP contribution in [0.3, 0.4) is 0 Å². The Morgan fingerprint density at radius 2 is 1.79 bits per heavy atom. The molecule has 33 heavy (non-hydrogen) atoms. The van der Waals surface area contributed by atoms with Gasteiger partial charge in [-0.25, -0.2) is 14.7 Å². The summed E-state index contributed by atoms with van der Waals surface area (Å²) in [5.41, 5.74) is 2.60. The normalized spacial score (nSPS) is 16.5. The molecule has 1 aliphatic heterocycles. The molecule has 2 unspecified atom stereocenters. The van der Waals surface area contributed by atoms with E-state index in [-0.39, 0.29) is 31.0 Å². The summed E-state index contributed by atoms with van der Waals surface area (Å²) in [6.07, 6.45) is 1.17. The lowest BCUT2D eigenvalue weighted by molar-refractivity contribution is -0.129. The van der Waals surface area contributed by atoms with Gasteiger partial charge in [-0.05, 0) is 42.7 Å². The third kappa shape index (κ3) is 5.34. The Morgan fingerprint density at radius 3 is 2.42 bits per heavy atom. The molecule has 3 aromatic rings. The van der Waals surface area contributed by atoms with Gasteiger partial charge in [-0.3, -0.25) is 4.79 Å². The molecule has 4 rings (SSSR count). The number of hydrogen-bond donors (Lipinski definition) is 0. The first-order chi connectivity index (χ1) is 15.9. The monoisotopic (exact) mass is 464 g/mol. The Hall–Kier alpha value is -3.38. The molecule has 1 fully saturated rings. The maximum atomic E-state index is 13.4. The summed E-state index contributed by atoms with van der Waals surface area (Å²) in [5.74, 6) is -0.115. The summed E-state index contributed by atoms with van der Waals surface area (Å²) in [7, 11) is 0. The number of amides is 2. The molecule has 0 bridgehead atoms. The molecule has 0 spiro atoms. The van der Waals surface area contributed by atoms with Crippen molar-refractivity contribution in [1.29, 1.82) is 0 Å². The van der Waals surface area contributed by atoms with Gasteiger partial charge in [0.1, 0.15) is 12.6 Å². The largest absolute Gasteiger partial charge is 0.475 e. The summed E-state index contributed by atoms with van der Waals surface area (Å²) >= 11 is 6.08. The van der Waals surface area contributed by atoms with E-state index in [1.807, 2.05) is 62.4 Å². The zero-order valence-electron chi connectivity index (χ0n) is 18.5. The molecule has 1 saturated heterocycles. The van der Waals surface area contributed by atoms with Crippen molar-refractivity contribution in [3.8, 4) is 5.88 Å². The van der Waals surface area contributed by atoms with Gasteiger partial charge in [-0.2, -0.15) is 0 Å². The predicted octanol–water partition coefficient (Wildman–Crippen LogP) is 5.76. The molecule has 2 amide bonds. The van der Waals surface area contributed by atoms with E-state index in [2.05, 4.69) is 4.98 Å². The first-order valence-corrected chi connectivity index (χ1v) is 11.2. The Labute approximate surface area is 198 Å². The third-order valence-corrected chi connectivity index (χ3v) is 5.75.